The third-order valence-corrected chi connectivity index (χ3v) is 4.90. The molecule has 0 bridgehead atoms. The molecule has 20 heavy (non-hydrogen) atoms. The molecule has 0 aliphatic carbocycles. The van der Waals surface area contributed by atoms with Crippen LogP contribution in [0.2, 0.25) is 0 Å². The van der Waals surface area contributed by atoms with Crippen LogP contribution in [0.3, 0.4) is 0 Å². The molecule has 0 spiro atoms. The summed E-state index contributed by atoms with van der Waals surface area (Å²) in [4.78, 5) is 0.340. The van der Waals surface area contributed by atoms with Gasteiger partial charge in [-0.05, 0) is 26.5 Å². The summed E-state index contributed by atoms with van der Waals surface area (Å²) in [6, 6.07) is 1.69. The van der Waals surface area contributed by atoms with Crippen LogP contribution in [0.15, 0.2) is 17.2 Å². The number of aromatic nitrogens is 1. The minimum Gasteiger partial charge on any atom is -0.352 e. The van der Waals surface area contributed by atoms with Gasteiger partial charge in [0.25, 0.3) is 0 Å². The Morgan fingerprint density at radius 1 is 1.35 bits per heavy atom. The summed E-state index contributed by atoms with van der Waals surface area (Å²) < 4.78 is 29.2. The first-order chi connectivity index (χ1) is 9.40. The Hall–Kier alpha value is -0.850. The standard InChI is InChI=1S/C14H27N3O2S/c1-5-6-7-8-12(2)16-20(18,19)14-9-13(10-15-3)17(4)11-14/h9,11-12,15-16H,5-8,10H2,1-4H3. The van der Waals surface area contributed by atoms with Gasteiger partial charge < -0.3 is 9.88 Å². The lowest BCUT2D eigenvalue weighted by molar-refractivity contribution is 0.527. The molecule has 116 valence electrons. The van der Waals surface area contributed by atoms with Gasteiger partial charge in [-0.25, -0.2) is 13.1 Å². The van der Waals surface area contributed by atoms with Crippen LogP contribution in [0.5, 0.6) is 0 Å². The van der Waals surface area contributed by atoms with Crippen LogP contribution in [0.1, 0.15) is 45.2 Å². The average molecular weight is 301 g/mol. The molecule has 2 N–H and O–H groups in total. The predicted molar refractivity (Wildman–Crippen MR) is 82.1 cm³/mol. The molecule has 1 unspecified atom stereocenters. The van der Waals surface area contributed by atoms with Crippen molar-refractivity contribution in [1.29, 1.82) is 0 Å². The smallest absolute Gasteiger partial charge is 0.242 e. The minimum absolute atomic E-state index is 0.0282. The molecule has 1 aromatic heterocycles. The summed E-state index contributed by atoms with van der Waals surface area (Å²) in [5, 5.41) is 3.03. The number of unbranched alkanes of at least 4 members (excludes halogenated alkanes) is 2. The summed E-state index contributed by atoms with van der Waals surface area (Å²) in [5.41, 5.74) is 0.950. The van der Waals surface area contributed by atoms with Gasteiger partial charge in [0.15, 0.2) is 0 Å². The van der Waals surface area contributed by atoms with Crippen molar-refractivity contribution >= 4 is 10.0 Å². The zero-order chi connectivity index (χ0) is 15.2. The van der Waals surface area contributed by atoms with E-state index in [0.717, 1.165) is 31.4 Å². The van der Waals surface area contributed by atoms with Gasteiger partial charge in [-0.2, -0.15) is 0 Å². The summed E-state index contributed by atoms with van der Waals surface area (Å²) in [5.74, 6) is 0. The van der Waals surface area contributed by atoms with E-state index in [4.69, 9.17) is 0 Å². The summed E-state index contributed by atoms with van der Waals surface area (Å²) in [6.07, 6.45) is 5.88. The molecule has 0 amide bonds. The molecular weight excluding hydrogens is 274 g/mol. The maximum atomic E-state index is 12.3. The Morgan fingerprint density at radius 2 is 2.05 bits per heavy atom. The largest absolute Gasteiger partial charge is 0.352 e. The first kappa shape index (κ1) is 17.2. The maximum Gasteiger partial charge on any atom is 0.242 e. The highest BCUT2D eigenvalue weighted by molar-refractivity contribution is 7.89. The molecule has 0 aromatic carbocycles. The van der Waals surface area contributed by atoms with Crippen molar-refractivity contribution in [2.75, 3.05) is 7.05 Å². The summed E-state index contributed by atoms with van der Waals surface area (Å²) in [6.45, 7) is 4.71. The van der Waals surface area contributed by atoms with Gasteiger partial charge in [-0.15, -0.1) is 0 Å². The normalized spacial score (nSPS) is 13.6. The molecule has 1 rings (SSSR count). The van der Waals surface area contributed by atoms with Crippen LogP contribution < -0.4 is 10.0 Å². The van der Waals surface area contributed by atoms with Crippen molar-refractivity contribution < 1.29 is 8.42 Å². The molecule has 0 fully saturated rings. The van der Waals surface area contributed by atoms with Crippen LogP contribution in [0, 0.1) is 0 Å². The van der Waals surface area contributed by atoms with Gasteiger partial charge in [0.2, 0.25) is 10.0 Å². The second-order valence-corrected chi connectivity index (χ2v) is 7.04. The van der Waals surface area contributed by atoms with Crippen molar-refractivity contribution in [2.45, 2.75) is 57.0 Å². The number of nitrogens with zero attached hydrogens (tertiary/aromatic N) is 1. The molecule has 1 heterocycles. The Bertz CT molecular complexity index is 508. The third-order valence-electron chi connectivity index (χ3n) is 3.35. The molecule has 0 saturated heterocycles. The lowest BCUT2D eigenvalue weighted by Gasteiger charge is -2.13. The lowest BCUT2D eigenvalue weighted by atomic mass is 10.1. The fourth-order valence-electron chi connectivity index (χ4n) is 2.17. The highest BCUT2D eigenvalue weighted by Crippen LogP contribution is 2.15. The quantitative estimate of drug-likeness (QED) is 0.686. The van der Waals surface area contributed by atoms with Crippen LogP contribution in [0.25, 0.3) is 0 Å². The van der Waals surface area contributed by atoms with E-state index in [0.29, 0.717) is 11.4 Å². The van der Waals surface area contributed by atoms with E-state index in [1.54, 1.807) is 12.3 Å². The van der Waals surface area contributed by atoms with Gasteiger partial charge >= 0.3 is 0 Å². The van der Waals surface area contributed by atoms with Crippen molar-refractivity contribution in [2.24, 2.45) is 7.05 Å². The lowest BCUT2D eigenvalue weighted by Crippen LogP contribution is -2.32. The van der Waals surface area contributed by atoms with Crippen LogP contribution in [0.4, 0.5) is 0 Å². The molecule has 5 nitrogen and oxygen atoms in total. The number of aryl methyl sites for hydroxylation is 1. The molecule has 0 radical (unpaired) electrons. The SMILES string of the molecule is CCCCCC(C)NS(=O)(=O)c1cc(CNC)n(C)c1. The zero-order valence-corrected chi connectivity index (χ0v) is 13.8. The molecule has 1 aromatic rings. The predicted octanol–water partition coefficient (Wildman–Crippen LogP) is 1.99. The van der Waals surface area contributed by atoms with Crippen molar-refractivity contribution in [3.8, 4) is 0 Å². The van der Waals surface area contributed by atoms with E-state index in [9.17, 15) is 8.42 Å². The number of nitrogens with one attached hydrogen (secondary N) is 2. The average Bonchev–Trinajstić information content (AvgIpc) is 2.72. The molecule has 0 aliphatic rings. The maximum absolute atomic E-state index is 12.3. The molecular formula is C14H27N3O2S. The highest BCUT2D eigenvalue weighted by atomic mass is 32.2. The highest BCUT2D eigenvalue weighted by Gasteiger charge is 2.19. The third kappa shape index (κ3) is 4.92. The second kappa shape index (κ2) is 7.81. The fourth-order valence-corrected chi connectivity index (χ4v) is 3.54. The Kier molecular flexibility index (Phi) is 6.71. The van der Waals surface area contributed by atoms with E-state index in [-0.39, 0.29) is 6.04 Å². The molecule has 0 aliphatic heterocycles. The Morgan fingerprint density at radius 3 is 2.65 bits per heavy atom. The van der Waals surface area contributed by atoms with Crippen molar-refractivity contribution in [3.05, 3.63) is 18.0 Å². The zero-order valence-electron chi connectivity index (χ0n) is 12.9. The molecule has 1 atom stereocenters. The summed E-state index contributed by atoms with van der Waals surface area (Å²) in [7, 11) is 0.285. The Balaban J connectivity index is 2.70. The van der Waals surface area contributed by atoms with E-state index < -0.39 is 10.0 Å². The van der Waals surface area contributed by atoms with Crippen LogP contribution in [-0.2, 0) is 23.6 Å². The number of hydrogen-bond acceptors (Lipinski definition) is 3. The number of rotatable bonds is 9. The van der Waals surface area contributed by atoms with Gasteiger partial charge in [-0.3, -0.25) is 0 Å². The van der Waals surface area contributed by atoms with E-state index in [2.05, 4.69) is 17.0 Å². The van der Waals surface area contributed by atoms with Crippen molar-refractivity contribution in [1.82, 2.24) is 14.6 Å². The van der Waals surface area contributed by atoms with Crippen LogP contribution in [-0.4, -0.2) is 26.1 Å². The van der Waals surface area contributed by atoms with Gasteiger partial charge in [0, 0.05) is 31.5 Å². The molecule has 6 heteroatoms. The number of sulfonamides is 1. The minimum atomic E-state index is -3.42. The monoisotopic (exact) mass is 301 g/mol. The van der Waals surface area contributed by atoms with Gasteiger partial charge in [-0.1, -0.05) is 26.2 Å². The first-order valence-corrected chi connectivity index (χ1v) is 8.71. The van der Waals surface area contributed by atoms with Gasteiger partial charge in [0.1, 0.15) is 0 Å². The van der Waals surface area contributed by atoms with E-state index in [1.165, 1.54) is 0 Å². The van der Waals surface area contributed by atoms with Crippen LogP contribution >= 0.6 is 0 Å². The Labute approximate surface area is 122 Å². The second-order valence-electron chi connectivity index (χ2n) is 5.33. The van der Waals surface area contributed by atoms with E-state index in [1.807, 2.05) is 25.6 Å². The first-order valence-electron chi connectivity index (χ1n) is 7.23. The fraction of sp³-hybridized carbons (Fsp3) is 0.714. The number of hydrogen-bond donors (Lipinski definition) is 2. The topological polar surface area (TPSA) is 63.1 Å². The summed E-state index contributed by atoms with van der Waals surface area (Å²) >= 11 is 0. The van der Waals surface area contributed by atoms with Gasteiger partial charge in [0.05, 0.1) is 4.90 Å². The van der Waals surface area contributed by atoms with E-state index >= 15 is 0 Å². The molecule has 0 saturated carbocycles. The van der Waals surface area contributed by atoms with Crippen molar-refractivity contribution in [3.63, 3.8) is 0 Å².